The van der Waals surface area contributed by atoms with Gasteiger partial charge < -0.3 is 10.4 Å². The number of halogens is 1. The lowest BCUT2D eigenvalue weighted by atomic mass is 9.91. The van der Waals surface area contributed by atoms with Gasteiger partial charge in [-0.15, -0.1) is 11.3 Å². The van der Waals surface area contributed by atoms with Gasteiger partial charge in [-0.25, -0.2) is 14.2 Å². The average Bonchev–Trinajstić information content (AvgIpc) is 2.90. The number of anilines is 1. The fourth-order valence-electron chi connectivity index (χ4n) is 1.87. The van der Waals surface area contributed by atoms with Crippen molar-refractivity contribution in [1.29, 1.82) is 0 Å². The molecule has 0 radical (unpaired) electrons. The SMILES string of the molecule is CC(C)(C)c1ncsc1C(=O)Nc1cc(C(=O)O)ccc1F. The molecule has 0 unspecified atom stereocenters. The van der Waals surface area contributed by atoms with E-state index < -0.39 is 17.7 Å². The summed E-state index contributed by atoms with van der Waals surface area (Å²) in [6.07, 6.45) is 0. The van der Waals surface area contributed by atoms with Crippen molar-refractivity contribution in [3.63, 3.8) is 0 Å². The zero-order valence-corrected chi connectivity index (χ0v) is 13.1. The molecular weight excluding hydrogens is 307 g/mol. The van der Waals surface area contributed by atoms with E-state index in [0.29, 0.717) is 10.6 Å². The van der Waals surface area contributed by atoms with E-state index in [1.807, 2.05) is 20.8 Å². The van der Waals surface area contributed by atoms with Crippen molar-refractivity contribution in [2.45, 2.75) is 26.2 Å². The van der Waals surface area contributed by atoms with Crippen LogP contribution in [0.4, 0.5) is 10.1 Å². The molecule has 2 N–H and O–H groups in total. The van der Waals surface area contributed by atoms with E-state index in [-0.39, 0.29) is 16.7 Å². The number of amides is 1. The molecular formula is C15H15FN2O3S. The Morgan fingerprint density at radius 3 is 2.59 bits per heavy atom. The van der Waals surface area contributed by atoms with Crippen LogP contribution in [-0.2, 0) is 5.41 Å². The number of carbonyl (C=O) groups excluding carboxylic acids is 1. The molecule has 0 spiro atoms. The molecule has 1 aromatic heterocycles. The topological polar surface area (TPSA) is 79.3 Å². The largest absolute Gasteiger partial charge is 0.478 e. The van der Waals surface area contributed by atoms with Crippen LogP contribution < -0.4 is 5.32 Å². The average molecular weight is 322 g/mol. The molecule has 2 aromatic rings. The second-order valence-electron chi connectivity index (χ2n) is 5.73. The molecule has 22 heavy (non-hydrogen) atoms. The van der Waals surface area contributed by atoms with Gasteiger partial charge in [0.15, 0.2) is 0 Å². The fraction of sp³-hybridized carbons (Fsp3) is 0.267. The number of carbonyl (C=O) groups is 2. The van der Waals surface area contributed by atoms with E-state index >= 15 is 0 Å². The van der Waals surface area contributed by atoms with Crippen LogP contribution in [0.1, 0.15) is 46.5 Å². The normalized spacial score (nSPS) is 11.3. The highest BCUT2D eigenvalue weighted by atomic mass is 32.1. The number of nitrogens with one attached hydrogen (secondary N) is 1. The number of carboxylic acid groups (broad SMARTS) is 1. The molecule has 0 bridgehead atoms. The van der Waals surface area contributed by atoms with Crippen molar-refractivity contribution in [2.24, 2.45) is 0 Å². The summed E-state index contributed by atoms with van der Waals surface area (Å²) >= 11 is 1.16. The zero-order valence-electron chi connectivity index (χ0n) is 12.3. The summed E-state index contributed by atoms with van der Waals surface area (Å²) in [5.41, 5.74) is 1.58. The first-order valence-electron chi connectivity index (χ1n) is 6.48. The Hall–Kier alpha value is -2.28. The van der Waals surface area contributed by atoms with E-state index in [0.717, 1.165) is 29.5 Å². The molecule has 0 saturated heterocycles. The standard InChI is InChI=1S/C15H15FN2O3S/c1-15(2,3)12-11(22-7-17-12)13(19)18-10-6-8(14(20)21)4-5-9(10)16/h4-7H,1-3H3,(H,18,19)(H,20,21). The number of aromatic carboxylic acids is 1. The number of hydrogen-bond acceptors (Lipinski definition) is 4. The maximum Gasteiger partial charge on any atom is 0.335 e. The lowest BCUT2D eigenvalue weighted by Crippen LogP contribution is -2.20. The third-order valence-electron chi connectivity index (χ3n) is 2.95. The van der Waals surface area contributed by atoms with Gasteiger partial charge in [-0.05, 0) is 18.2 Å². The van der Waals surface area contributed by atoms with Crippen LogP contribution in [0.3, 0.4) is 0 Å². The summed E-state index contributed by atoms with van der Waals surface area (Å²) in [7, 11) is 0. The number of hydrogen-bond donors (Lipinski definition) is 2. The summed E-state index contributed by atoms with van der Waals surface area (Å²) in [6.45, 7) is 5.76. The van der Waals surface area contributed by atoms with Gasteiger partial charge in [0, 0.05) is 5.41 Å². The summed E-state index contributed by atoms with van der Waals surface area (Å²) in [5.74, 6) is -2.39. The Morgan fingerprint density at radius 1 is 1.32 bits per heavy atom. The molecule has 1 heterocycles. The third kappa shape index (κ3) is 3.30. The minimum Gasteiger partial charge on any atom is -0.478 e. The van der Waals surface area contributed by atoms with Gasteiger partial charge in [0.2, 0.25) is 0 Å². The molecule has 1 amide bonds. The van der Waals surface area contributed by atoms with E-state index in [2.05, 4.69) is 10.3 Å². The summed E-state index contributed by atoms with van der Waals surface area (Å²) in [4.78, 5) is 27.8. The Labute approximate surface area is 130 Å². The number of benzene rings is 1. The second-order valence-corrected chi connectivity index (χ2v) is 6.59. The van der Waals surface area contributed by atoms with Crippen LogP contribution in [-0.4, -0.2) is 22.0 Å². The molecule has 0 aliphatic carbocycles. The van der Waals surface area contributed by atoms with Crippen LogP contribution >= 0.6 is 11.3 Å². The first-order valence-corrected chi connectivity index (χ1v) is 7.36. The van der Waals surface area contributed by atoms with Crippen molar-refractivity contribution < 1.29 is 19.1 Å². The van der Waals surface area contributed by atoms with E-state index in [1.165, 1.54) is 0 Å². The maximum absolute atomic E-state index is 13.7. The smallest absolute Gasteiger partial charge is 0.335 e. The van der Waals surface area contributed by atoms with Crippen molar-refractivity contribution in [1.82, 2.24) is 4.98 Å². The van der Waals surface area contributed by atoms with Gasteiger partial charge in [0.05, 0.1) is 22.5 Å². The van der Waals surface area contributed by atoms with Crippen LogP contribution in [0.5, 0.6) is 0 Å². The van der Waals surface area contributed by atoms with Crippen molar-refractivity contribution in [2.75, 3.05) is 5.32 Å². The minimum absolute atomic E-state index is 0.1000. The Kier molecular flexibility index (Phi) is 4.27. The summed E-state index contributed by atoms with van der Waals surface area (Å²) in [5, 5.41) is 11.3. The van der Waals surface area contributed by atoms with Gasteiger partial charge in [0.25, 0.3) is 5.91 Å². The fourth-order valence-corrected chi connectivity index (χ4v) is 2.77. The molecule has 1 aromatic carbocycles. The Morgan fingerprint density at radius 2 is 2.00 bits per heavy atom. The first kappa shape index (κ1) is 16.1. The lowest BCUT2D eigenvalue weighted by molar-refractivity contribution is 0.0696. The van der Waals surface area contributed by atoms with Crippen molar-refractivity contribution in [3.8, 4) is 0 Å². The third-order valence-corrected chi connectivity index (χ3v) is 3.77. The Bertz CT molecular complexity index is 735. The number of rotatable bonds is 3. The van der Waals surface area contributed by atoms with Gasteiger partial charge in [0.1, 0.15) is 10.7 Å². The predicted molar refractivity (Wildman–Crippen MR) is 82.1 cm³/mol. The maximum atomic E-state index is 13.7. The highest BCUT2D eigenvalue weighted by Gasteiger charge is 2.25. The quantitative estimate of drug-likeness (QED) is 0.906. The number of nitrogens with zero attached hydrogens (tertiary/aromatic N) is 1. The molecule has 7 heteroatoms. The van der Waals surface area contributed by atoms with Gasteiger partial charge in [-0.3, -0.25) is 4.79 Å². The summed E-state index contributed by atoms with van der Waals surface area (Å²) < 4.78 is 13.7. The van der Waals surface area contributed by atoms with Crippen LogP contribution in [0, 0.1) is 5.82 Å². The zero-order chi connectivity index (χ0) is 16.5. The monoisotopic (exact) mass is 322 g/mol. The van der Waals surface area contributed by atoms with Crippen LogP contribution in [0.15, 0.2) is 23.7 Å². The minimum atomic E-state index is -1.19. The number of thiazole rings is 1. The van der Waals surface area contributed by atoms with Crippen molar-refractivity contribution in [3.05, 3.63) is 45.7 Å². The van der Waals surface area contributed by atoms with Gasteiger partial charge in [-0.2, -0.15) is 0 Å². The molecule has 5 nitrogen and oxygen atoms in total. The van der Waals surface area contributed by atoms with Crippen molar-refractivity contribution >= 4 is 28.9 Å². The highest BCUT2D eigenvalue weighted by molar-refractivity contribution is 7.12. The van der Waals surface area contributed by atoms with E-state index in [4.69, 9.17) is 5.11 Å². The molecule has 0 aliphatic heterocycles. The molecule has 0 saturated carbocycles. The molecule has 0 atom stereocenters. The summed E-state index contributed by atoms with van der Waals surface area (Å²) in [6, 6.07) is 3.24. The number of carboxylic acids is 1. The van der Waals surface area contributed by atoms with E-state index in [9.17, 15) is 14.0 Å². The number of aromatic nitrogens is 1. The van der Waals surface area contributed by atoms with Gasteiger partial charge >= 0.3 is 5.97 Å². The second kappa shape index (κ2) is 5.84. The molecule has 0 fully saturated rings. The Balaban J connectivity index is 2.32. The first-order chi connectivity index (χ1) is 10.2. The van der Waals surface area contributed by atoms with Crippen LogP contribution in [0.25, 0.3) is 0 Å². The van der Waals surface area contributed by atoms with Gasteiger partial charge in [-0.1, -0.05) is 20.8 Å². The lowest BCUT2D eigenvalue weighted by Gasteiger charge is -2.17. The van der Waals surface area contributed by atoms with E-state index in [1.54, 1.807) is 5.51 Å². The van der Waals surface area contributed by atoms with Crippen LogP contribution in [0.2, 0.25) is 0 Å². The predicted octanol–water partition coefficient (Wildman–Crippen LogP) is 3.53. The molecule has 2 rings (SSSR count). The highest BCUT2D eigenvalue weighted by Crippen LogP contribution is 2.28. The molecule has 116 valence electrons. The molecule has 0 aliphatic rings.